The van der Waals surface area contributed by atoms with Gasteiger partial charge in [-0.2, -0.15) is 5.10 Å². The first kappa shape index (κ1) is 12.3. The molecule has 20 heavy (non-hydrogen) atoms. The second-order valence-electron chi connectivity index (χ2n) is 4.47. The predicted octanol–water partition coefficient (Wildman–Crippen LogP) is 0.615. The topological polar surface area (TPSA) is 77.6 Å². The highest BCUT2D eigenvalue weighted by molar-refractivity contribution is 5.72. The molecule has 0 amide bonds. The fourth-order valence-electron chi connectivity index (χ4n) is 2.07. The molecule has 0 unspecified atom stereocenters. The Morgan fingerprint density at radius 2 is 2.20 bits per heavy atom. The van der Waals surface area contributed by atoms with Crippen LogP contribution in [0, 0.1) is 0 Å². The van der Waals surface area contributed by atoms with Crippen molar-refractivity contribution in [3.8, 4) is 0 Å². The van der Waals surface area contributed by atoms with Crippen molar-refractivity contribution in [1.82, 2.24) is 24.3 Å². The van der Waals surface area contributed by atoms with Crippen LogP contribution in [-0.4, -0.2) is 31.4 Å². The first-order chi connectivity index (χ1) is 9.69. The van der Waals surface area contributed by atoms with Crippen LogP contribution in [0.25, 0.3) is 11.0 Å². The Bertz CT molecular complexity index is 819. The maximum Gasteiger partial charge on any atom is 0.264 e. The van der Waals surface area contributed by atoms with E-state index >= 15 is 0 Å². The molecule has 0 aliphatic heterocycles. The molecule has 7 nitrogen and oxygen atoms in total. The van der Waals surface area contributed by atoms with Crippen molar-refractivity contribution >= 4 is 16.7 Å². The van der Waals surface area contributed by atoms with Crippen molar-refractivity contribution in [2.45, 2.75) is 6.54 Å². The molecule has 3 rings (SSSR count). The molecule has 0 aliphatic rings. The zero-order valence-corrected chi connectivity index (χ0v) is 11.2. The maximum absolute atomic E-state index is 12.3. The van der Waals surface area contributed by atoms with Crippen LogP contribution in [0.5, 0.6) is 0 Å². The first-order valence-electron chi connectivity index (χ1n) is 6.19. The molecule has 7 heteroatoms. The molecule has 0 atom stereocenters. The molecule has 0 saturated heterocycles. The van der Waals surface area contributed by atoms with Crippen LogP contribution >= 0.6 is 0 Å². The standard InChI is InChI=1S/C13H14N6O/c1-14-9-3-4-15-10(5-9)7-19-8-16-12-11(13(19)20)6-17-18(12)2/h3-6,8H,7H2,1-2H3,(H,14,15). The Labute approximate surface area is 114 Å². The second kappa shape index (κ2) is 4.76. The van der Waals surface area contributed by atoms with Gasteiger partial charge >= 0.3 is 0 Å². The molecular weight excluding hydrogens is 256 g/mol. The molecule has 102 valence electrons. The van der Waals surface area contributed by atoms with Crippen molar-refractivity contribution < 1.29 is 0 Å². The van der Waals surface area contributed by atoms with E-state index < -0.39 is 0 Å². The van der Waals surface area contributed by atoms with E-state index in [0.717, 1.165) is 11.4 Å². The van der Waals surface area contributed by atoms with Crippen molar-refractivity contribution in [1.29, 1.82) is 0 Å². The smallest absolute Gasteiger partial charge is 0.264 e. The van der Waals surface area contributed by atoms with E-state index in [4.69, 9.17) is 0 Å². The lowest BCUT2D eigenvalue weighted by atomic mass is 10.3. The normalized spacial score (nSPS) is 10.9. The highest BCUT2D eigenvalue weighted by Crippen LogP contribution is 2.08. The lowest BCUT2D eigenvalue weighted by Crippen LogP contribution is -2.21. The Kier molecular flexibility index (Phi) is 2.94. The SMILES string of the molecule is CNc1ccnc(Cn2cnc3c(cnn3C)c2=O)c1. The zero-order valence-electron chi connectivity index (χ0n) is 11.2. The van der Waals surface area contributed by atoms with Crippen molar-refractivity contribution in [3.05, 3.63) is 46.9 Å². The maximum atomic E-state index is 12.3. The van der Waals surface area contributed by atoms with Crippen LogP contribution in [0.3, 0.4) is 0 Å². The fourth-order valence-corrected chi connectivity index (χ4v) is 2.07. The molecule has 3 heterocycles. The van der Waals surface area contributed by atoms with Crippen molar-refractivity contribution in [3.63, 3.8) is 0 Å². The van der Waals surface area contributed by atoms with Crippen molar-refractivity contribution in [2.75, 3.05) is 12.4 Å². The van der Waals surface area contributed by atoms with Crippen molar-refractivity contribution in [2.24, 2.45) is 7.05 Å². The predicted molar refractivity (Wildman–Crippen MR) is 75.7 cm³/mol. The van der Waals surface area contributed by atoms with Gasteiger partial charge < -0.3 is 5.32 Å². The number of hydrogen-bond acceptors (Lipinski definition) is 5. The van der Waals surface area contributed by atoms with E-state index in [-0.39, 0.29) is 5.56 Å². The second-order valence-corrected chi connectivity index (χ2v) is 4.47. The summed E-state index contributed by atoms with van der Waals surface area (Å²) in [7, 11) is 3.60. The van der Waals surface area contributed by atoms with Crippen LogP contribution < -0.4 is 10.9 Å². The number of rotatable bonds is 3. The van der Waals surface area contributed by atoms with Gasteiger partial charge in [0.25, 0.3) is 5.56 Å². The van der Waals surface area contributed by atoms with Gasteiger partial charge in [0.15, 0.2) is 5.65 Å². The molecule has 1 N–H and O–H groups in total. The number of hydrogen-bond donors (Lipinski definition) is 1. The van der Waals surface area contributed by atoms with Gasteiger partial charge in [-0.15, -0.1) is 0 Å². The monoisotopic (exact) mass is 270 g/mol. The third-order valence-electron chi connectivity index (χ3n) is 3.16. The van der Waals surface area contributed by atoms with E-state index in [9.17, 15) is 4.79 Å². The minimum absolute atomic E-state index is 0.111. The number of aromatic nitrogens is 5. The largest absolute Gasteiger partial charge is 0.388 e. The summed E-state index contributed by atoms with van der Waals surface area (Å²) in [5, 5.41) is 7.61. The van der Waals surface area contributed by atoms with Crippen LogP contribution in [0.4, 0.5) is 5.69 Å². The van der Waals surface area contributed by atoms with Crippen LogP contribution in [-0.2, 0) is 13.6 Å². The molecule has 0 bridgehead atoms. The van der Waals surface area contributed by atoms with Gasteiger partial charge in [-0.25, -0.2) is 4.98 Å². The number of pyridine rings is 1. The Hall–Kier alpha value is -2.70. The summed E-state index contributed by atoms with van der Waals surface area (Å²) < 4.78 is 3.12. The number of nitrogens with one attached hydrogen (secondary N) is 1. The average molecular weight is 270 g/mol. The van der Waals surface area contributed by atoms with Gasteiger partial charge in [-0.1, -0.05) is 0 Å². The summed E-state index contributed by atoms with van der Waals surface area (Å²) in [6.45, 7) is 0.381. The zero-order chi connectivity index (χ0) is 14.1. The summed E-state index contributed by atoms with van der Waals surface area (Å²) in [6.07, 6.45) is 4.78. The number of anilines is 1. The van der Waals surface area contributed by atoms with E-state index in [1.807, 2.05) is 19.2 Å². The fraction of sp³-hybridized carbons (Fsp3) is 0.231. The van der Waals surface area contributed by atoms with Gasteiger partial charge in [-0.05, 0) is 12.1 Å². The number of aryl methyl sites for hydroxylation is 1. The number of nitrogens with zero attached hydrogens (tertiary/aromatic N) is 5. The molecule has 0 fully saturated rings. The third kappa shape index (κ3) is 2.03. The Morgan fingerprint density at radius 1 is 1.35 bits per heavy atom. The van der Waals surface area contributed by atoms with Crippen LogP contribution in [0.15, 0.2) is 35.6 Å². The molecule has 0 saturated carbocycles. The molecule has 0 aliphatic carbocycles. The molecule has 3 aromatic heterocycles. The lowest BCUT2D eigenvalue weighted by Gasteiger charge is -2.06. The molecule has 0 spiro atoms. The lowest BCUT2D eigenvalue weighted by molar-refractivity contribution is 0.722. The van der Waals surface area contributed by atoms with E-state index in [1.54, 1.807) is 24.1 Å². The molecule has 3 aromatic rings. The quantitative estimate of drug-likeness (QED) is 0.754. The summed E-state index contributed by atoms with van der Waals surface area (Å²) in [4.78, 5) is 20.8. The Balaban J connectivity index is 2.02. The van der Waals surface area contributed by atoms with Crippen LogP contribution in [0.2, 0.25) is 0 Å². The molecular formula is C13H14N6O. The minimum atomic E-state index is -0.111. The average Bonchev–Trinajstić information content (AvgIpc) is 2.84. The van der Waals surface area contributed by atoms with E-state index in [0.29, 0.717) is 17.6 Å². The summed E-state index contributed by atoms with van der Waals surface area (Å²) in [5.74, 6) is 0. The van der Waals surface area contributed by atoms with E-state index in [2.05, 4.69) is 20.4 Å². The van der Waals surface area contributed by atoms with Gasteiger partial charge in [0.2, 0.25) is 0 Å². The minimum Gasteiger partial charge on any atom is -0.388 e. The van der Waals surface area contributed by atoms with Gasteiger partial charge in [0.05, 0.1) is 18.4 Å². The summed E-state index contributed by atoms with van der Waals surface area (Å²) in [6, 6.07) is 3.77. The van der Waals surface area contributed by atoms with Gasteiger partial charge in [0.1, 0.15) is 11.7 Å². The summed E-state index contributed by atoms with van der Waals surface area (Å²) >= 11 is 0. The van der Waals surface area contributed by atoms with E-state index in [1.165, 1.54) is 10.9 Å². The highest BCUT2D eigenvalue weighted by atomic mass is 16.1. The summed E-state index contributed by atoms with van der Waals surface area (Å²) in [5.41, 5.74) is 2.23. The molecule has 0 aromatic carbocycles. The van der Waals surface area contributed by atoms with Crippen LogP contribution in [0.1, 0.15) is 5.69 Å². The van der Waals surface area contributed by atoms with Gasteiger partial charge in [-0.3, -0.25) is 19.0 Å². The molecule has 0 radical (unpaired) electrons. The van der Waals surface area contributed by atoms with Gasteiger partial charge in [0, 0.05) is 26.0 Å². The highest BCUT2D eigenvalue weighted by Gasteiger charge is 2.08. The first-order valence-corrected chi connectivity index (χ1v) is 6.19. The Morgan fingerprint density at radius 3 is 3.00 bits per heavy atom. The number of fused-ring (bicyclic) bond motifs is 1. The third-order valence-corrected chi connectivity index (χ3v) is 3.16.